The van der Waals surface area contributed by atoms with Gasteiger partial charge in [-0.25, -0.2) is 0 Å². The Morgan fingerprint density at radius 3 is 2.55 bits per heavy atom. The van der Waals surface area contributed by atoms with E-state index >= 15 is 0 Å². The lowest BCUT2D eigenvalue weighted by molar-refractivity contribution is 0.0963. The Hall–Kier alpha value is -1.51. The molecule has 0 aromatic heterocycles. The van der Waals surface area contributed by atoms with Crippen molar-refractivity contribution in [2.24, 2.45) is 5.92 Å². The molecule has 1 aromatic rings. The summed E-state index contributed by atoms with van der Waals surface area (Å²) in [5.41, 5.74) is 1.84. The fourth-order valence-electron chi connectivity index (χ4n) is 3.03. The lowest BCUT2D eigenvalue weighted by Crippen LogP contribution is -2.19. The van der Waals surface area contributed by atoms with Crippen LogP contribution in [0.5, 0.6) is 0 Å². The SMILES string of the molecule is CCC1CCCC(Nc2ccc(C(=O)NC)cc2)CC1. The van der Waals surface area contributed by atoms with Gasteiger partial charge >= 0.3 is 0 Å². The standard InChI is InChI=1S/C17H26N2O/c1-3-13-5-4-6-15(10-7-13)19-16-11-8-14(9-12-16)17(20)18-2/h8-9,11-13,15,19H,3-7,10H2,1-2H3,(H,18,20). The van der Waals surface area contributed by atoms with Crippen molar-refractivity contribution in [1.29, 1.82) is 0 Å². The summed E-state index contributed by atoms with van der Waals surface area (Å²) in [5.74, 6) is 0.884. The zero-order valence-electron chi connectivity index (χ0n) is 12.6. The van der Waals surface area contributed by atoms with Crippen LogP contribution in [0.25, 0.3) is 0 Å². The maximum Gasteiger partial charge on any atom is 0.251 e. The molecule has 20 heavy (non-hydrogen) atoms. The van der Waals surface area contributed by atoms with Crippen LogP contribution in [-0.2, 0) is 0 Å². The highest BCUT2D eigenvalue weighted by atomic mass is 16.1. The Morgan fingerprint density at radius 2 is 1.90 bits per heavy atom. The summed E-state index contributed by atoms with van der Waals surface area (Å²) in [6, 6.07) is 8.36. The van der Waals surface area contributed by atoms with Gasteiger partial charge in [0.2, 0.25) is 0 Å². The summed E-state index contributed by atoms with van der Waals surface area (Å²) in [4.78, 5) is 11.5. The van der Waals surface area contributed by atoms with E-state index < -0.39 is 0 Å². The van der Waals surface area contributed by atoms with Crippen molar-refractivity contribution in [2.75, 3.05) is 12.4 Å². The van der Waals surface area contributed by atoms with Gasteiger partial charge in [-0.15, -0.1) is 0 Å². The van der Waals surface area contributed by atoms with Crippen LogP contribution in [-0.4, -0.2) is 19.0 Å². The van der Waals surface area contributed by atoms with Crippen LogP contribution in [0, 0.1) is 5.92 Å². The van der Waals surface area contributed by atoms with E-state index in [1.165, 1.54) is 38.5 Å². The van der Waals surface area contributed by atoms with Crippen LogP contribution in [0.2, 0.25) is 0 Å². The zero-order chi connectivity index (χ0) is 14.4. The highest BCUT2D eigenvalue weighted by molar-refractivity contribution is 5.94. The van der Waals surface area contributed by atoms with E-state index in [1.807, 2.05) is 24.3 Å². The molecule has 2 atom stereocenters. The lowest BCUT2D eigenvalue weighted by Gasteiger charge is -2.18. The van der Waals surface area contributed by atoms with Gasteiger partial charge in [-0.2, -0.15) is 0 Å². The quantitative estimate of drug-likeness (QED) is 0.820. The Balaban J connectivity index is 1.91. The van der Waals surface area contributed by atoms with Crippen LogP contribution < -0.4 is 10.6 Å². The van der Waals surface area contributed by atoms with E-state index in [0.717, 1.165) is 11.6 Å². The van der Waals surface area contributed by atoms with Crippen molar-refractivity contribution >= 4 is 11.6 Å². The molecular formula is C17H26N2O. The van der Waals surface area contributed by atoms with E-state index in [0.29, 0.717) is 11.6 Å². The van der Waals surface area contributed by atoms with Crippen molar-refractivity contribution in [3.05, 3.63) is 29.8 Å². The third-order valence-corrected chi connectivity index (χ3v) is 4.41. The minimum atomic E-state index is -0.0307. The van der Waals surface area contributed by atoms with Crippen molar-refractivity contribution in [1.82, 2.24) is 5.32 Å². The average Bonchev–Trinajstić information content (AvgIpc) is 2.72. The topological polar surface area (TPSA) is 41.1 Å². The van der Waals surface area contributed by atoms with Gasteiger partial charge in [0.1, 0.15) is 0 Å². The molecule has 1 fully saturated rings. The molecule has 0 heterocycles. The Bertz CT molecular complexity index is 427. The molecule has 3 heteroatoms. The number of hydrogen-bond acceptors (Lipinski definition) is 2. The first-order chi connectivity index (χ1) is 9.72. The van der Waals surface area contributed by atoms with Crippen LogP contribution in [0.4, 0.5) is 5.69 Å². The maximum atomic E-state index is 11.5. The molecule has 0 saturated heterocycles. The molecule has 110 valence electrons. The molecule has 1 aliphatic rings. The molecule has 0 radical (unpaired) electrons. The van der Waals surface area contributed by atoms with E-state index in [2.05, 4.69) is 17.6 Å². The first-order valence-corrected chi connectivity index (χ1v) is 7.81. The number of rotatable bonds is 4. The van der Waals surface area contributed by atoms with E-state index in [4.69, 9.17) is 0 Å². The predicted molar refractivity (Wildman–Crippen MR) is 84.1 cm³/mol. The summed E-state index contributed by atoms with van der Waals surface area (Å²) in [6.45, 7) is 2.30. The van der Waals surface area contributed by atoms with Gasteiger partial charge in [-0.05, 0) is 49.4 Å². The number of hydrogen-bond donors (Lipinski definition) is 2. The van der Waals surface area contributed by atoms with Crippen LogP contribution >= 0.6 is 0 Å². The normalized spacial score (nSPS) is 22.9. The molecule has 2 unspecified atom stereocenters. The van der Waals surface area contributed by atoms with E-state index in [-0.39, 0.29) is 5.91 Å². The molecule has 0 aliphatic heterocycles. The second-order valence-electron chi connectivity index (χ2n) is 5.78. The van der Waals surface area contributed by atoms with Gasteiger partial charge < -0.3 is 10.6 Å². The molecule has 1 aliphatic carbocycles. The average molecular weight is 274 g/mol. The molecule has 1 aromatic carbocycles. The highest BCUT2D eigenvalue weighted by Crippen LogP contribution is 2.27. The number of nitrogens with one attached hydrogen (secondary N) is 2. The van der Waals surface area contributed by atoms with Gasteiger partial charge in [-0.1, -0.05) is 26.2 Å². The van der Waals surface area contributed by atoms with Gasteiger partial charge in [0.15, 0.2) is 0 Å². The second kappa shape index (κ2) is 7.32. The summed E-state index contributed by atoms with van der Waals surface area (Å²) >= 11 is 0. The summed E-state index contributed by atoms with van der Waals surface area (Å²) in [5, 5.41) is 6.26. The lowest BCUT2D eigenvalue weighted by atomic mass is 9.98. The van der Waals surface area contributed by atoms with Crippen molar-refractivity contribution in [3.63, 3.8) is 0 Å². The molecule has 3 nitrogen and oxygen atoms in total. The minimum absolute atomic E-state index is 0.0307. The summed E-state index contributed by atoms with van der Waals surface area (Å²) in [7, 11) is 1.66. The molecule has 1 saturated carbocycles. The molecule has 0 spiro atoms. The minimum Gasteiger partial charge on any atom is -0.382 e. The fraction of sp³-hybridized carbons (Fsp3) is 0.588. The molecule has 1 amide bonds. The van der Waals surface area contributed by atoms with Crippen molar-refractivity contribution < 1.29 is 4.79 Å². The van der Waals surface area contributed by atoms with Crippen LogP contribution in [0.1, 0.15) is 55.8 Å². The van der Waals surface area contributed by atoms with Gasteiger partial charge in [0, 0.05) is 24.3 Å². The Labute approximate surface area is 122 Å². The Morgan fingerprint density at radius 1 is 1.15 bits per heavy atom. The number of carbonyl (C=O) groups excluding carboxylic acids is 1. The predicted octanol–water partition coefficient (Wildman–Crippen LogP) is 3.82. The second-order valence-corrected chi connectivity index (χ2v) is 5.78. The molecular weight excluding hydrogens is 248 g/mol. The molecule has 2 N–H and O–H groups in total. The van der Waals surface area contributed by atoms with Gasteiger partial charge in [0.05, 0.1) is 0 Å². The zero-order valence-corrected chi connectivity index (χ0v) is 12.6. The number of carbonyl (C=O) groups is 1. The fourth-order valence-corrected chi connectivity index (χ4v) is 3.03. The van der Waals surface area contributed by atoms with Crippen LogP contribution in [0.15, 0.2) is 24.3 Å². The van der Waals surface area contributed by atoms with Crippen molar-refractivity contribution in [3.8, 4) is 0 Å². The monoisotopic (exact) mass is 274 g/mol. The summed E-state index contributed by atoms with van der Waals surface area (Å²) < 4.78 is 0. The number of anilines is 1. The van der Waals surface area contributed by atoms with E-state index in [1.54, 1.807) is 7.05 Å². The van der Waals surface area contributed by atoms with Crippen LogP contribution in [0.3, 0.4) is 0 Å². The smallest absolute Gasteiger partial charge is 0.251 e. The Kier molecular flexibility index (Phi) is 5.45. The maximum absolute atomic E-state index is 11.5. The first kappa shape index (κ1) is 14.9. The van der Waals surface area contributed by atoms with Gasteiger partial charge in [0.25, 0.3) is 5.91 Å². The summed E-state index contributed by atoms with van der Waals surface area (Å²) in [6.07, 6.45) is 7.87. The number of benzene rings is 1. The molecule has 2 rings (SSSR count). The van der Waals surface area contributed by atoms with Crippen molar-refractivity contribution in [2.45, 2.75) is 51.5 Å². The van der Waals surface area contributed by atoms with E-state index in [9.17, 15) is 4.79 Å². The highest BCUT2D eigenvalue weighted by Gasteiger charge is 2.17. The largest absolute Gasteiger partial charge is 0.382 e. The number of amides is 1. The molecule has 0 bridgehead atoms. The first-order valence-electron chi connectivity index (χ1n) is 7.81. The van der Waals surface area contributed by atoms with Gasteiger partial charge in [-0.3, -0.25) is 4.79 Å². The third kappa shape index (κ3) is 3.99. The third-order valence-electron chi connectivity index (χ3n) is 4.41.